The van der Waals surface area contributed by atoms with Gasteiger partial charge in [0.1, 0.15) is 0 Å². The van der Waals surface area contributed by atoms with E-state index in [1.807, 2.05) is 13.8 Å². The molecule has 8 heteroatoms. The van der Waals surface area contributed by atoms with Crippen LogP contribution in [0.1, 0.15) is 25.2 Å². The lowest BCUT2D eigenvalue weighted by Gasteiger charge is -2.05. The van der Waals surface area contributed by atoms with E-state index < -0.39 is 10.0 Å². The van der Waals surface area contributed by atoms with Crippen molar-refractivity contribution in [2.24, 2.45) is 7.05 Å². The first kappa shape index (κ1) is 15.7. The van der Waals surface area contributed by atoms with Gasteiger partial charge < -0.3 is 10.3 Å². The van der Waals surface area contributed by atoms with Gasteiger partial charge in [0.05, 0.1) is 17.1 Å². The summed E-state index contributed by atoms with van der Waals surface area (Å²) in [6.07, 6.45) is 3.27. The lowest BCUT2D eigenvalue weighted by Crippen LogP contribution is -2.23. The van der Waals surface area contributed by atoms with Crippen LogP contribution in [-0.4, -0.2) is 29.2 Å². The van der Waals surface area contributed by atoms with Crippen LogP contribution in [0.2, 0.25) is 0 Å². The number of rotatable bonds is 7. The van der Waals surface area contributed by atoms with Gasteiger partial charge in [-0.15, -0.1) is 0 Å². The van der Waals surface area contributed by atoms with Gasteiger partial charge in [0.25, 0.3) is 0 Å². The molecule has 7 nitrogen and oxygen atoms in total. The summed E-state index contributed by atoms with van der Waals surface area (Å²) in [5.74, 6) is 0. The molecule has 2 aromatic heterocycles. The van der Waals surface area contributed by atoms with Gasteiger partial charge in [-0.1, -0.05) is 13.8 Å². The molecular weight excluding hydrogens is 290 g/mol. The molecule has 0 aliphatic carbocycles. The molecular formula is C13H21N5O2S. The highest BCUT2D eigenvalue weighted by Gasteiger charge is 2.16. The molecule has 2 aromatic rings. The van der Waals surface area contributed by atoms with E-state index in [1.54, 1.807) is 30.1 Å². The number of aromatic nitrogens is 3. The Balaban J connectivity index is 1.99. The number of nitrogens with one attached hydrogen (secondary N) is 3. The van der Waals surface area contributed by atoms with Gasteiger partial charge in [-0.3, -0.25) is 4.68 Å². The quantitative estimate of drug-likeness (QED) is 0.703. The summed E-state index contributed by atoms with van der Waals surface area (Å²) < 4.78 is 28.5. The molecule has 0 saturated heterocycles. The minimum absolute atomic E-state index is 0.175. The minimum atomic E-state index is -3.53. The fourth-order valence-corrected chi connectivity index (χ4v) is 2.82. The van der Waals surface area contributed by atoms with Gasteiger partial charge in [-0.2, -0.15) is 5.10 Å². The van der Waals surface area contributed by atoms with Crippen molar-refractivity contribution in [3.63, 3.8) is 0 Å². The maximum atomic E-state index is 12.2. The van der Waals surface area contributed by atoms with Crippen molar-refractivity contribution in [2.45, 2.75) is 37.9 Å². The number of aryl methyl sites for hydroxylation is 1. The van der Waals surface area contributed by atoms with E-state index in [0.29, 0.717) is 18.3 Å². The van der Waals surface area contributed by atoms with Crippen LogP contribution in [0.3, 0.4) is 0 Å². The molecule has 2 rings (SSSR count). The number of aromatic amines is 1. The lowest BCUT2D eigenvalue weighted by molar-refractivity contribution is 0.579. The number of nitrogens with zero attached hydrogens (tertiary/aromatic N) is 2. The maximum absolute atomic E-state index is 12.2. The summed E-state index contributed by atoms with van der Waals surface area (Å²) in [5.41, 5.74) is 1.51. The average molecular weight is 311 g/mol. The van der Waals surface area contributed by atoms with Crippen LogP contribution < -0.4 is 10.0 Å². The Bertz CT molecular complexity index is 687. The first-order chi connectivity index (χ1) is 9.87. The van der Waals surface area contributed by atoms with Crippen molar-refractivity contribution < 1.29 is 8.42 Å². The zero-order valence-electron chi connectivity index (χ0n) is 12.4. The summed E-state index contributed by atoms with van der Waals surface area (Å²) in [4.78, 5) is 3.20. The molecule has 0 fully saturated rings. The van der Waals surface area contributed by atoms with Gasteiger partial charge in [0.2, 0.25) is 10.0 Å². The number of sulfonamides is 1. The van der Waals surface area contributed by atoms with Crippen LogP contribution in [0.4, 0.5) is 0 Å². The smallest absolute Gasteiger partial charge is 0.242 e. The molecule has 0 aromatic carbocycles. The molecule has 21 heavy (non-hydrogen) atoms. The molecule has 116 valence electrons. The molecule has 0 unspecified atom stereocenters. The highest BCUT2D eigenvalue weighted by atomic mass is 32.2. The Morgan fingerprint density at radius 1 is 1.38 bits per heavy atom. The van der Waals surface area contributed by atoms with Crippen molar-refractivity contribution in [3.8, 4) is 0 Å². The molecule has 0 radical (unpaired) electrons. The summed E-state index contributed by atoms with van der Waals surface area (Å²) in [7, 11) is -1.74. The normalized spacial score (nSPS) is 12.2. The maximum Gasteiger partial charge on any atom is 0.242 e. The third-order valence-corrected chi connectivity index (χ3v) is 4.32. The zero-order valence-corrected chi connectivity index (χ0v) is 13.2. The van der Waals surface area contributed by atoms with Gasteiger partial charge in [-0.05, 0) is 12.1 Å². The van der Waals surface area contributed by atoms with Gasteiger partial charge in [0.15, 0.2) is 0 Å². The Morgan fingerprint density at radius 2 is 2.14 bits per heavy atom. The molecule has 0 spiro atoms. The standard InChI is InChI=1S/C13H21N5O2S/c1-10(2)14-7-12-6-13(9-15-12)21(19,20)16-8-11-4-5-18(3)17-11/h4-6,9-10,14-16H,7-8H2,1-3H3. The van der Waals surface area contributed by atoms with E-state index in [0.717, 1.165) is 5.69 Å². The van der Waals surface area contributed by atoms with Crippen molar-refractivity contribution in [3.05, 3.63) is 35.9 Å². The van der Waals surface area contributed by atoms with Crippen LogP contribution in [0.25, 0.3) is 0 Å². The predicted molar refractivity (Wildman–Crippen MR) is 80.0 cm³/mol. The lowest BCUT2D eigenvalue weighted by atomic mass is 10.3. The van der Waals surface area contributed by atoms with E-state index in [2.05, 4.69) is 20.1 Å². The van der Waals surface area contributed by atoms with Crippen LogP contribution >= 0.6 is 0 Å². The predicted octanol–water partition coefficient (Wildman–Crippen LogP) is 0.725. The molecule has 3 N–H and O–H groups in total. The van der Waals surface area contributed by atoms with E-state index in [-0.39, 0.29) is 11.4 Å². The average Bonchev–Trinajstić information content (AvgIpc) is 3.03. The topological polar surface area (TPSA) is 91.8 Å². The van der Waals surface area contributed by atoms with Crippen molar-refractivity contribution in [1.29, 1.82) is 0 Å². The van der Waals surface area contributed by atoms with Crippen molar-refractivity contribution in [1.82, 2.24) is 24.8 Å². The van der Waals surface area contributed by atoms with E-state index in [4.69, 9.17) is 0 Å². The Hall–Kier alpha value is -1.64. The van der Waals surface area contributed by atoms with E-state index in [9.17, 15) is 8.42 Å². The second kappa shape index (κ2) is 6.42. The highest BCUT2D eigenvalue weighted by molar-refractivity contribution is 7.89. The van der Waals surface area contributed by atoms with Gasteiger partial charge in [-0.25, -0.2) is 13.1 Å². The van der Waals surface area contributed by atoms with Crippen molar-refractivity contribution in [2.75, 3.05) is 0 Å². The van der Waals surface area contributed by atoms with Crippen LogP contribution in [0.5, 0.6) is 0 Å². The molecule has 0 bridgehead atoms. The summed E-state index contributed by atoms with van der Waals surface area (Å²) in [6.45, 7) is 4.85. The first-order valence-electron chi connectivity index (χ1n) is 6.75. The third kappa shape index (κ3) is 4.42. The van der Waals surface area contributed by atoms with Crippen LogP contribution in [0, 0.1) is 0 Å². The third-order valence-electron chi connectivity index (χ3n) is 2.94. The Kier molecular flexibility index (Phi) is 4.81. The minimum Gasteiger partial charge on any atom is -0.363 e. The van der Waals surface area contributed by atoms with E-state index >= 15 is 0 Å². The first-order valence-corrected chi connectivity index (χ1v) is 8.24. The van der Waals surface area contributed by atoms with Gasteiger partial charge >= 0.3 is 0 Å². The molecule has 0 saturated carbocycles. The van der Waals surface area contributed by atoms with Crippen molar-refractivity contribution >= 4 is 10.0 Å². The second-order valence-corrected chi connectivity index (χ2v) is 6.97. The molecule has 0 atom stereocenters. The van der Waals surface area contributed by atoms with E-state index in [1.165, 1.54) is 6.20 Å². The molecule has 0 aliphatic heterocycles. The molecule has 2 heterocycles. The molecule has 0 amide bonds. The Morgan fingerprint density at radius 3 is 2.76 bits per heavy atom. The monoisotopic (exact) mass is 311 g/mol. The summed E-state index contributed by atoms with van der Waals surface area (Å²) in [6, 6.07) is 3.75. The summed E-state index contributed by atoms with van der Waals surface area (Å²) >= 11 is 0. The molecule has 0 aliphatic rings. The number of hydrogen-bond acceptors (Lipinski definition) is 4. The number of hydrogen-bond donors (Lipinski definition) is 3. The SMILES string of the molecule is CC(C)NCc1cc(S(=O)(=O)NCc2ccn(C)n2)c[nH]1. The fourth-order valence-electron chi connectivity index (χ4n) is 1.80. The fraction of sp³-hybridized carbons (Fsp3) is 0.462. The van der Waals surface area contributed by atoms with Crippen LogP contribution in [-0.2, 0) is 30.2 Å². The Labute approximate surface area is 124 Å². The van der Waals surface area contributed by atoms with Crippen LogP contribution in [0.15, 0.2) is 29.4 Å². The van der Waals surface area contributed by atoms with Gasteiger partial charge in [0, 0.05) is 37.7 Å². The zero-order chi connectivity index (χ0) is 15.5. The second-order valence-electron chi connectivity index (χ2n) is 5.20. The number of H-pyrrole nitrogens is 1. The largest absolute Gasteiger partial charge is 0.363 e. The summed E-state index contributed by atoms with van der Waals surface area (Å²) in [5, 5.41) is 7.36. The highest BCUT2D eigenvalue weighted by Crippen LogP contribution is 2.11.